The molecule has 20 nitrogen and oxygen atoms in total. The molecule has 0 aliphatic carbocycles. The van der Waals surface area contributed by atoms with Crippen LogP contribution >= 0.6 is 0 Å². The summed E-state index contributed by atoms with van der Waals surface area (Å²) in [6.45, 7) is -0.250. The normalized spacial score (nSPS) is 12.1. The van der Waals surface area contributed by atoms with Gasteiger partial charge in [-0.3, -0.25) is 4.79 Å². The largest absolute Gasteiger partial charge is 0.485 e. The second-order valence-corrected chi connectivity index (χ2v) is 27.3. The molecule has 20 heteroatoms. The lowest BCUT2D eigenvalue weighted by atomic mass is 10.0. The molecule has 0 fully saturated rings. The molecule has 117 heavy (non-hydrogen) atoms. The second kappa shape index (κ2) is 42.5. The van der Waals surface area contributed by atoms with Gasteiger partial charge in [-0.05, 0) is 115 Å². The monoisotopic (exact) mass is 1570 g/mol. The van der Waals surface area contributed by atoms with Gasteiger partial charge in [0.15, 0.2) is 46.0 Å². The maximum absolute atomic E-state index is 15.0. The Kier molecular flexibility index (Phi) is 29.6. The summed E-state index contributed by atoms with van der Waals surface area (Å²) in [7, 11) is 0. The molecule has 13 rings (SSSR count). The van der Waals surface area contributed by atoms with Crippen molar-refractivity contribution in [1.82, 2.24) is 5.43 Å². The molecular weight excluding hydrogens is 1480 g/mol. The second-order valence-electron chi connectivity index (χ2n) is 27.3. The SMILES string of the molecule is O=C(N/N=C/[C@H](O)[C@@H](O)[C@H](O)[C@H](O)CO)c1cc(OCc2cc(OCc3ccccc3)c(OCc3ccccc3)c(OCc3ccccc3)c2)c(OCc2cc(OCc3ccccc3)c(OCc3ccccc3)c(OCc3ccccc3)c2)c(OCc2cc(OCc3ccccc3)c(OCc3ccccc3)c(OCc3ccccc3)c2)c1. The van der Waals surface area contributed by atoms with Crippen LogP contribution < -0.4 is 62.3 Å². The molecule has 0 saturated heterocycles. The number of carbonyl (C=O) groups excluding carboxylic acids is 1. The van der Waals surface area contributed by atoms with E-state index >= 15 is 0 Å². The summed E-state index contributed by atoms with van der Waals surface area (Å²) in [4.78, 5) is 15.0. The third-order valence-electron chi connectivity index (χ3n) is 18.5. The Morgan fingerprint density at radius 2 is 0.453 bits per heavy atom. The Morgan fingerprint density at radius 1 is 0.265 bits per heavy atom. The Morgan fingerprint density at radius 3 is 0.667 bits per heavy atom. The van der Waals surface area contributed by atoms with E-state index in [4.69, 9.17) is 56.8 Å². The maximum Gasteiger partial charge on any atom is 0.271 e. The fourth-order valence-electron chi connectivity index (χ4n) is 12.2. The number of ether oxygens (including phenoxy) is 12. The number of aliphatic hydroxyl groups excluding tert-OH is 5. The third-order valence-corrected chi connectivity index (χ3v) is 18.5. The van der Waals surface area contributed by atoms with E-state index in [2.05, 4.69) is 10.5 Å². The first kappa shape index (κ1) is 81.4. The number of carbonyl (C=O) groups is 1. The van der Waals surface area contributed by atoms with Crippen LogP contribution in [-0.2, 0) is 79.3 Å². The summed E-state index contributed by atoms with van der Waals surface area (Å²) in [6.07, 6.45) is -7.00. The zero-order chi connectivity index (χ0) is 80.6. The van der Waals surface area contributed by atoms with Crippen LogP contribution in [0.4, 0.5) is 0 Å². The van der Waals surface area contributed by atoms with Crippen molar-refractivity contribution in [2.45, 2.75) is 104 Å². The number of aliphatic hydroxyl groups is 5. The molecule has 6 N–H and O–H groups in total. The summed E-state index contributed by atoms with van der Waals surface area (Å²) in [5.74, 6) is 2.07. The highest BCUT2D eigenvalue weighted by molar-refractivity contribution is 5.96. The first-order chi connectivity index (χ1) is 57.5. The minimum atomic E-state index is -2.03. The maximum atomic E-state index is 15.0. The third kappa shape index (κ3) is 24.2. The molecule has 0 bridgehead atoms. The van der Waals surface area contributed by atoms with Crippen LogP contribution in [0.1, 0.15) is 77.1 Å². The van der Waals surface area contributed by atoms with E-state index in [0.717, 1.165) is 56.3 Å². The first-order valence-electron chi connectivity index (χ1n) is 38.2. The van der Waals surface area contributed by atoms with Gasteiger partial charge in [-0.15, -0.1) is 0 Å². The highest BCUT2D eigenvalue weighted by atomic mass is 16.6. The first-order valence-corrected chi connectivity index (χ1v) is 38.2. The summed E-state index contributed by atoms with van der Waals surface area (Å²) in [6, 6.07) is 101. The van der Waals surface area contributed by atoms with Crippen molar-refractivity contribution < 1.29 is 87.2 Å². The minimum absolute atomic E-state index is 0.000713. The average Bonchev–Trinajstić information content (AvgIpc) is 0.800. The fraction of sp³-hybridized carbons (Fsp3) is 0.175. The molecule has 13 aromatic rings. The van der Waals surface area contributed by atoms with E-state index < -0.39 is 36.9 Å². The zero-order valence-electron chi connectivity index (χ0n) is 64.2. The quantitative estimate of drug-likeness (QED) is 0.0153. The number of hydrogen-bond donors (Lipinski definition) is 6. The van der Waals surface area contributed by atoms with E-state index in [1.165, 1.54) is 12.1 Å². The Balaban J connectivity index is 0.949. The van der Waals surface area contributed by atoms with E-state index in [9.17, 15) is 30.3 Å². The fourth-order valence-corrected chi connectivity index (χ4v) is 12.2. The molecule has 596 valence electrons. The van der Waals surface area contributed by atoms with Gasteiger partial charge in [0.2, 0.25) is 23.0 Å². The molecule has 0 aliphatic rings. The highest BCUT2D eigenvalue weighted by Gasteiger charge is 2.30. The minimum Gasteiger partial charge on any atom is -0.485 e. The molecule has 0 radical (unpaired) electrons. The van der Waals surface area contributed by atoms with Crippen molar-refractivity contribution in [3.63, 3.8) is 0 Å². The van der Waals surface area contributed by atoms with Gasteiger partial charge in [0.1, 0.15) is 104 Å². The Labute approximate surface area is 679 Å². The molecule has 1 amide bonds. The highest BCUT2D eigenvalue weighted by Crippen LogP contribution is 2.47. The van der Waals surface area contributed by atoms with Crippen LogP contribution in [0.3, 0.4) is 0 Å². The van der Waals surface area contributed by atoms with Crippen molar-refractivity contribution in [3.8, 4) is 69.0 Å². The van der Waals surface area contributed by atoms with Crippen LogP contribution in [0.25, 0.3) is 0 Å². The molecular formula is C97H90N2O18. The van der Waals surface area contributed by atoms with Gasteiger partial charge in [0.25, 0.3) is 5.91 Å². The van der Waals surface area contributed by atoms with Crippen LogP contribution in [0, 0.1) is 0 Å². The lowest BCUT2D eigenvalue weighted by molar-refractivity contribution is -0.0999. The lowest BCUT2D eigenvalue weighted by Gasteiger charge is -2.23. The van der Waals surface area contributed by atoms with Crippen LogP contribution in [-0.4, -0.2) is 68.7 Å². The van der Waals surface area contributed by atoms with E-state index in [1.807, 2.05) is 285 Å². The van der Waals surface area contributed by atoms with Crippen LogP contribution in [0.15, 0.2) is 327 Å². The number of hydrazone groups is 1. The average molecular weight is 1570 g/mol. The van der Waals surface area contributed by atoms with Crippen molar-refractivity contribution in [2.75, 3.05) is 6.61 Å². The number of benzene rings is 13. The predicted octanol–water partition coefficient (Wildman–Crippen LogP) is 16.8. The molecule has 13 aromatic carbocycles. The van der Waals surface area contributed by atoms with E-state index in [1.54, 1.807) is 24.3 Å². The Bertz CT molecular complexity index is 4840. The molecule has 0 spiro atoms. The molecule has 4 atom stereocenters. The summed E-state index contributed by atoms with van der Waals surface area (Å²) in [5, 5.41) is 55.8. The van der Waals surface area contributed by atoms with Gasteiger partial charge in [-0.1, -0.05) is 273 Å². The van der Waals surface area contributed by atoms with Crippen LogP contribution in [0.5, 0.6) is 69.0 Å². The van der Waals surface area contributed by atoms with Crippen molar-refractivity contribution in [2.24, 2.45) is 5.10 Å². The van der Waals surface area contributed by atoms with Gasteiger partial charge >= 0.3 is 0 Å². The number of rotatable bonds is 43. The van der Waals surface area contributed by atoms with Crippen molar-refractivity contribution >= 4 is 12.1 Å². The summed E-state index contributed by atoms with van der Waals surface area (Å²) >= 11 is 0. The van der Waals surface area contributed by atoms with Gasteiger partial charge in [-0.2, -0.15) is 5.10 Å². The number of amides is 1. The molecule has 0 unspecified atom stereocenters. The standard InChI is InChI=1S/C97H90N2O18/c100-55-82(102)92(104)91(103)81(101)54-98-99-97(105)80-52-89(112-65-77-46-83(106-56-68-28-10-1-11-29-68)93(114-62-74-40-22-7-23-41-74)84(47-77)107-57-69-30-12-2-13-31-69)96(117-67-79-50-87(110-60-72-36-18-5-19-37-72)95(116-64-76-44-26-9-27-45-76)88(51-79)111-61-73-38-20-6-21-39-73)90(53-80)113-66-78-48-85(108-58-70-32-14-3-15-33-70)94(115-63-75-42-24-8-25-43-75)86(49-78)109-59-71-34-16-4-17-35-71/h1-54,81-82,91-92,100-104H,55-67H2,(H,99,105)/b98-54+/t81-,82+,91+,92+/m0/s1. The van der Waals surface area contributed by atoms with Crippen molar-refractivity contribution in [1.29, 1.82) is 0 Å². The number of nitrogens with zero attached hydrogens (tertiary/aromatic N) is 1. The smallest absolute Gasteiger partial charge is 0.271 e. The summed E-state index contributed by atoms with van der Waals surface area (Å²) in [5.41, 5.74) is 11.9. The topological polar surface area (TPSA) is 253 Å². The van der Waals surface area contributed by atoms with E-state index in [-0.39, 0.29) is 102 Å². The van der Waals surface area contributed by atoms with Crippen molar-refractivity contribution in [3.05, 3.63) is 394 Å². The van der Waals surface area contributed by atoms with Crippen LogP contribution in [0.2, 0.25) is 0 Å². The van der Waals surface area contributed by atoms with E-state index in [0.29, 0.717) is 68.4 Å². The predicted molar refractivity (Wildman–Crippen MR) is 443 cm³/mol. The number of nitrogens with one attached hydrogen (secondary N) is 1. The van der Waals surface area contributed by atoms with Gasteiger partial charge in [-0.25, -0.2) is 5.43 Å². The van der Waals surface area contributed by atoms with Gasteiger partial charge < -0.3 is 82.4 Å². The molecule has 0 aliphatic heterocycles. The molecule has 0 heterocycles. The molecule has 0 saturated carbocycles. The lowest BCUT2D eigenvalue weighted by Crippen LogP contribution is -2.46. The Hall–Kier alpha value is -13.6. The van der Waals surface area contributed by atoms with Gasteiger partial charge in [0, 0.05) is 5.56 Å². The number of hydrogen-bond acceptors (Lipinski definition) is 19. The zero-order valence-corrected chi connectivity index (χ0v) is 64.2. The molecule has 0 aromatic heterocycles. The summed E-state index contributed by atoms with van der Waals surface area (Å²) < 4.78 is 81.9. The van der Waals surface area contributed by atoms with Gasteiger partial charge in [0.05, 0.1) is 12.8 Å².